The summed E-state index contributed by atoms with van der Waals surface area (Å²) in [6.07, 6.45) is 1.71. The highest BCUT2D eigenvalue weighted by Crippen LogP contribution is 2.58. The highest BCUT2D eigenvalue weighted by molar-refractivity contribution is 7.90. The second-order valence-electron chi connectivity index (χ2n) is 6.68. The van der Waals surface area contributed by atoms with Crippen LogP contribution in [0.15, 0.2) is 0 Å². The van der Waals surface area contributed by atoms with Gasteiger partial charge in [0.25, 0.3) is 0 Å². The van der Waals surface area contributed by atoms with E-state index in [0.29, 0.717) is 5.92 Å². The van der Waals surface area contributed by atoms with Crippen molar-refractivity contribution in [3.63, 3.8) is 0 Å². The third-order valence-corrected chi connectivity index (χ3v) is 7.44. The van der Waals surface area contributed by atoms with E-state index in [2.05, 4.69) is 0 Å². The molecule has 1 heterocycles. The molecule has 5 atom stereocenters. The van der Waals surface area contributed by atoms with E-state index in [1.807, 2.05) is 20.8 Å². The summed E-state index contributed by atoms with van der Waals surface area (Å²) in [5, 5.41) is -0.179. The summed E-state index contributed by atoms with van der Waals surface area (Å²) < 4.78 is 32.6. The van der Waals surface area contributed by atoms with Crippen molar-refractivity contribution in [2.24, 2.45) is 11.8 Å². The fraction of sp³-hybridized carbons (Fsp3) is 1.00. The summed E-state index contributed by atoms with van der Waals surface area (Å²) >= 11 is 5.70. The number of nitrogens with zero attached hydrogens (tertiary/aromatic N) is 1. The maximum atomic E-state index is 12.6. The van der Waals surface area contributed by atoms with Gasteiger partial charge in [-0.05, 0) is 45.4 Å². The molecule has 0 radical (unpaired) electrons. The molecule has 0 aromatic heterocycles. The number of fused-ring (bicyclic) bond motifs is 1. The van der Waals surface area contributed by atoms with Crippen LogP contribution >= 0.6 is 11.6 Å². The van der Waals surface area contributed by atoms with Gasteiger partial charge in [0.1, 0.15) is 6.07 Å². The van der Waals surface area contributed by atoms with E-state index in [1.165, 1.54) is 0 Å². The van der Waals surface area contributed by atoms with E-state index in [1.54, 1.807) is 4.31 Å². The first-order valence-electron chi connectivity index (χ1n) is 6.49. The lowest BCUT2D eigenvalue weighted by atomic mass is 9.90. The van der Waals surface area contributed by atoms with Crippen LogP contribution in [0.3, 0.4) is 0 Å². The van der Waals surface area contributed by atoms with Crippen molar-refractivity contribution in [3.05, 3.63) is 0 Å². The normalized spacial score (nSPS) is 45.9. The summed E-state index contributed by atoms with van der Waals surface area (Å²) in [5.74, 6) is 0.610. The number of ether oxygens (including phenoxy) is 1. The molecule has 3 aliphatic rings. The van der Waals surface area contributed by atoms with E-state index >= 15 is 0 Å². The molecule has 0 aromatic rings. The van der Waals surface area contributed by atoms with Gasteiger partial charge in [-0.1, -0.05) is 11.6 Å². The first kappa shape index (κ1) is 13.2. The van der Waals surface area contributed by atoms with Crippen LogP contribution < -0.4 is 0 Å². The van der Waals surface area contributed by atoms with Crippen LogP contribution in [-0.4, -0.2) is 41.7 Å². The van der Waals surface area contributed by atoms with Gasteiger partial charge >= 0.3 is 0 Å². The van der Waals surface area contributed by atoms with E-state index in [0.717, 1.165) is 12.8 Å². The standard InChI is InChI=1S/C12H20ClNO3S/c1-12(2,3)14-10-8-4-7(11(10)17-6-13)5-9(8)18(14,15)16/h7-11H,4-6H2,1-3H3. The topological polar surface area (TPSA) is 46.6 Å². The minimum absolute atomic E-state index is 0.00231. The van der Waals surface area contributed by atoms with Crippen molar-refractivity contribution >= 4 is 21.6 Å². The van der Waals surface area contributed by atoms with Crippen molar-refractivity contribution in [2.45, 2.75) is 56.5 Å². The van der Waals surface area contributed by atoms with Crippen molar-refractivity contribution in [1.29, 1.82) is 0 Å². The lowest BCUT2D eigenvalue weighted by molar-refractivity contribution is -0.00653. The Kier molecular flexibility index (Phi) is 2.81. The second-order valence-corrected chi connectivity index (χ2v) is 8.92. The lowest BCUT2D eigenvalue weighted by Gasteiger charge is -2.37. The van der Waals surface area contributed by atoms with Crippen LogP contribution in [0, 0.1) is 11.8 Å². The van der Waals surface area contributed by atoms with Crippen LogP contribution in [-0.2, 0) is 14.8 Å². The Morgan fingerprint density at radius 3 is 2.56 bits per heavy atom. The third-order valence-electron chi connectivity index (χ3n) is 4.67. The molecule has 0 spiro atoms. The minimum atomic E-state index is -3.17. The Balaban J connectivity index is 2.05. The Bertz CT molecular complexity index is 458. The average molecular weight is 294 g/mol. The number of alkyl halides is 1. The van der Waals surface area contributed by atoms with Crippen LogP contribution in [0.4, 0.5) is 0 Å². The van der Waals surface area contributed by atoms with Gasteiger partial charge in [0, 0.05) is 5.54 Å². The highest BCUT2D eigenvalue weighted by atomic mass is 35.5. The summed E-state index contributed by atoms with van der Waals surface area (Å²) in [6, 6.07) is 0.144. The Morgan fingerprint density at radius 1 is 1.33 bits per heavy atom. The lowest BCUT2D eigenvalue weighted by Crippen LogP contribution is -2.51. The van der Waals surface area contributed by atoms with Gasteiger partial charge < -0.3 is 4.74 Å². The molecule has 0 N–H and O–H groups in total. The predicted octanol–water partition coefficient (Wildman–Crippen LogP) is 1.79. The minimum Gasteiger partial charge on any atom is -0.361 e. The van der Waals surface area contributed by atoms with Crippen LogP contribution in [0.25, 0.3) is 0 Å². The molecule has 18 heavy (non-hydrogen) atoms. The Labute approximate surface area is 114 Å². The maximum Gasteiger partial charge on any atom is 0.218 e. The number of hydrogen-bond acceptors (Lipinski definition) is 3. The fourth-order valence-electron chi connectivity index (χ4n) is 4.32. The smallest absolute Gasteiger partial charge is 0.218 e. The van der Waals surface area contributed by atoms with Gasteiger partial charge in [-0.2, -0.15) is 4.31 Å². The monoisotopic (exact) mass is 293 g/mol. The molecule has 2 saturated carbocycles. The number of halogens is 1. The maximum absolute atomic E-state index is 12.6. The van der Waals surface area contributed by atoms with Crippen molar-refractivity contribution < 1.29 is 13.2 Å². The van der Waals surface area contributed by atoms with Gasteiger partial charge in [-0.15, -0.1) is 0 Å². The molecular formula is C12H20ClNO3S. The zero-order chi connectivity index (χ0) is 13.3. The molecule has 5 unspecified atom stereocenters. The average Bonchev–Trinajstić information content (AvgIpc) is 2.79. The van der Waals surface area contributed by atoms with Gasteiger partial charge in [0.05, 0.1) is 17.4 Å². The quantitative estimate of drug-likeness (QED) is 0.729. The summed E-state index contributed by atoms with van der Waals surface area (Å²) in [6.45, 7) is 5.88. The fourth-order valence-corrected chi connectivity index (χ4v) is 7.34. The van der Waals surface area contributed by atoms with E-state index in [9.17, 15) is 8.42 Å². The molecule has 3 rings (SSSR count). The van der Waals surface area contributed by atoms with Crippen LogP contribution in [0.1, 0.15) is 33.6 Å². The third kappa shape index (κ3) is 1.54. The molecule has 2 aliphatic carbocycles. The molecule has 6 heteroatoms. The molecular weight excluding hydrogens is 274 g/mol. The van der Waals surface area contributed by atoms with Crippen LogP contribution in [0.5, 0.6) is 0 Å². The van der Waals surface area contributed by atoms with Crippen molar-refractivity contribution in [1.82, 2.24) is 4.31 Å². The molecule has 0 aromatic carbocycles. The molecule has 4 nitrogen and oxygen atoms in total. The van der Waals surface area contributed by atoms with E-state index in [4.69, 9.17) is 16.3 Å². The number of rotatable bonds is 2. The number of sulfonamides is 1. The summed E-state index contributed by atoms with van der Waals surface area (Å²) in [5.41, 5.74) is -0.385. The molecule has 1 aliphatic heterocycles. The largest absolute Gasteiger partial charge is 0.361 e. The zero-order valence-corrected chi connectivity index (χ0v) is 12.5. The summed E-state index contributed by atoms with van der Waals surface area (Å²) in [7, 11) is -3.17. The first-order chi connectivity index (χ1) is 8.28. The molecule has 2 bridgehead atoms. The van der Waals surface area contributed by atoms with Crippen molar-refractivity contribution in [3.8, 4) is 0 Å². The van der Waals surface area contributed by atoms with Crippen molar-refractivity contribution in [2.75, 3.05) is 6.07 Å². The van der Waals surface area contributed by atoms with Gasteiger partial charge in [0.2, 0.25) is 10.0 Å². The van der Waals surface area contributed by atoms with E-state index in [-0.39, 0.29) is 34.9 Å². The predicted molar refractivity (Wildman–Crippen MR) is 69.9 cm³/mol. The van der Waals surface area contributed by atoms with Gasteiger partial charge in [-0.3, -0.25) is 0 Å². The zero-order valence-electron chi connectivity index (χ0n) is 11.0. The summed E-state index contributed by atoms with van der Waals surface area (Å²) in [4.78, 5) is 0. The molecule has 3 fully saturated rings. The first-order valence-corrected chi connectivity index (χ1v) is 8.53. The number of hydrogen-bond donors (Lipinski definition) is 0. The van der Waals surface area contributed by atoms with Gasteiger partial charge in [-0.25, -0.2) is 8.42 Å². The molecule has 104 valence electrons. The Hall–Kier alpha value is 0.160. The molecule has 0 amide bonds. The highest BCUT2D eigenvalue weighted by Gasteiger charge is 2.68. The van der Waals surface area contributed by atoms with Gasteiger partial charge in [0.15, 0.2) is 0 Å². The SMILES string of the molecule is CC(C)(C)N1C2C3CC(CC3S1(=O)=O)C2OCCl. The van der Waals surface area contributed by atoms with E-state index < -0.39 is 10.0 Å². The van der Waals surface area contributed by atoms with Crippen LogP contribution in [0.2, 0.25) is 0 Å². The second kappa shape index (κ2) is 3.84. The Morgan fingerprint density at radius 2 is 2.00 bits per heavy atom. The molecule has 1 saturated heterocycles.